The Bertz CT molecular complexity index is 423. The van der Waals surface area contributed by atoms with Crippen LogP contribution in [0.4, 0.5) is 8.78 Å². The van der Waals surface area contributed by atoms with Crippen LogP contribution in [0.1, 0.15) is 18.9 Å². The van der Waals surface area contributed by atoms with Crippen molar-refractivity contribution >= 4 is 5.97 Å². The number of carbonyl (C=O) groups is 1. The van der Waals surface area contributed by atoms with Gasteiger partial charge in [0, 0.05) is 5.56 Å². The molecule has 0 aromatic heterocycles. The number of methoxy groups -OCH3 is 1. The summed E-state index contributed by atoms with van der Waals surface area (Å²) in [7, 11) is 2.83. The number of ether oxygens (including phenoxy) is 1. The second-order valence-electron chi connectivity index (χ2n) is 3.94. The van der Waals surface area contributed by atoms with Gasteiger partial charge in [0.25, 0.3) is 0 Å². The number of esters is 1. The number of nitrogens with one attached hydrogen (secondary N) is 1. The third kappa shape index (κ3) is 2.79. The van der Waals surface area contributed by atoms with Crippen molar-refractivity contribution in [3.05, 3.63) is 35.4 Å². The molecule has 94 valence electrons. The maximum Gasteiger partial charge on any atom is 0.307 e. The van der Waals surface area contributed by atoms with E-state index in [0.717, 1.165) is 6.07 Å². The largest absolute Gasteiger partial charge is 0.469 e. The molecule has 0 aliphatic rings. The van der Waals surface area contributed by atoms with Crippen LogP contribution in [0, 0.1) is 11.6 Å². The summed E-state index contributed by atoms with van der Waals surface area (Å²) in [5.74, 6) is -2.38. The fourth-order valence-electron chi connectivity index (χ4n) is 1.61. The Morgan fingerprint density at radius 3 is 2.65 bits per heavy atom. The van der Waals surface area contributed by atoms with E-state index in [4.69, 9.17) is 0 Å². The summed E-state index contributed by atoms with van der Waals surface area (Å²) in [4.78, 5) is 11.3. The smallest absolute Gasteiger partial charge is 0.307 e. The molecular formula is C12H15F2NO2. The molecule has 1 rings (SSSR count). The maximum atomic E-state index is 13.7. The van der Waals surface area contributed by atoms with Crippen LogP contribution < -0.4 is 5.32 Å². The second-order valence-corrected chi connectivity index (χ2v) is 3.94. The van der Waals surface area contributed by atoms with E-state index in [1.807, 2.05) is 0 Å². The SMILES string of the molecule is CNC(C)(CC(=O)OC)c1cccc(F)c1F. The number of carbonyl (C=O) groups excluding carboxylic acids is 1. The Morgan fingerprint density at radius 2 is 2.12 bits per heavy atom. The molecule has 1 aromatic rings. The summed E-state index contributed by atoms with van der Waals surface area (Å²) in [6, 6.07) is 3.88. The number of hydrogen-bond acceptors (Lipinski definition) is 3. The lowest BCUT2D eigenvalue weighted by Gasteiger charge is -2.29. The molecule has 3 nitrogen and oxygen atoms in total. The van der Waals surface area contributed by atoms with Crippen LogP contribution in [0.5, 0.6) is 0 Å². The lowest BCUT2D eigenvalue weighted by molar-refractivity contribution is -0.142. The van der Waals surface area contributed by atoms with Gasteiger partial charge < -0.3 is 10.1 Å². The quantitative estimate of drug-likeness (QED) is 0.821. The first-order chi connectivity index (χ1) is 7.94. The number of halogens is 2. The molecule has 0 radical (unpaired) electrons. The van der Waals surface area contributed by atoms with E-state index in [0.29, 0.717) is 0 Å². The fraction of sp³-hybridized carbons (Fsp3) is 0.417. The topological polar surface area (TPSA) is 38.3 Å². The molecule has 1 aromatic carbocycles. The summed E-state index contributed by atoms with van der Waals surface area (Å²) < 4.78 is 31.4. The Morgan fingerprint density at radius 1 is 1.47 bits per heavy atom. The lowest BCUT2D eigenvalue weighted by atomic mass is 9.88. The molecule has 0 aliphatic carbocycles. The Balaban J connectivity index is 3.16. The fourth-order valence-corrected chi connectivity index (χ4v) is 1.61. The van der Waals surface area contributed by atoms with Crippen LogP contribution in [0.3, 0.4) is 0 Å². The molecule has 0 heterocycles. The molecule has 5 heteroatoms. The van der Waals surface area contributed by atoms with Gasteiger partial charge in [-0.25, -0.2) is 8.78 Å². The van der Waals surface area contributed by atoms with Crippen LogP contribution in [0.2, 0.25) is 0 Å². The summed E-state index contributed by atoms with van der Waals surface area (Å²) in [6.07, 6.45) is -0.0830. The lowest BCUT2D eigenvalue weighted by Crippen LogP contribution is -2.40. The van der Waals surface area contributed by atoms with Gasteiger partial charge in [-0.05, 0) is 20.0 Å². The van der Waals surface area contributed by atoms with Crippen LogP contribution in [-0.4, -0.2) is 20.1 Å². The van der Waals surface area contributed by atoms with Crippen LogP contribution >= 0.6 is 0 Å². The molecule has 1 atom stereocenters. The van der Waals surface area contributed by atoms with Crippen molar-refractivity contribution in [1.82, 2.24) is 5.32 Å². The highest BCUT2D eigenvalue weighted by Crippen LogP contribution is 2.28. The predicted molar refractivity (Wildman–Crippen MR) is 59.4 cm³/mol. The molecule has 1 unspecified atom stereocenters. The van der Waals surface area contributed by atoms with Crippen molar-refractivity contribution < 1.29 is 18.3 Å². The third-order valence-electron chi connectivity index (χ3n) is 2.82. The summed E-state index contributed by atoms with van der Waals surface area (Å²) >= 11 is 0. The summed E-state index contributed by atoms with van der Waals surface area (Å²) in [6.45, 7) is 1.61. The molecule has 0 saturated carbocycles. The van der Waals surface area contributed by atoms with E-state index in [2.05, 4.69) is 10.1 Å². The average Bonchev–Trinajstić information content (AvgIpc) is 2.32. The monoisotopic (exact) mass is 243 g/mol. The van der Waals surface area contributed by atoms with Crippen molar-refractivity contribution in [2.75, 3.05) is 14.2 Å². The standard InChI is InChI=1S/C12H15F2NO2/c1-12(15-2,7-10(16)17-3)8-5-4-6-9(13)11(8)14/h4-6,15H,7H2,1-3H3. The van der Waals surface area contributed by atoms with Gasteiger partial charge in [0.1, 0.15) is 0 Å². The third-order valence-corrected chi connectivity index (χ3v) is 2.82. The van der Waals surface area contributed by atoms with E-state index in [1.165, 1.54) is 19.2 Å². The van der Waals surface area contributed by atoms with Gasteiger partial charge in [-0.15, -0.1) is 0 Å². The minimum atomic E-state index is -1.00. The second kappa shape index (κ2) is 5.23. The zero-order valence-corrected chi connectivity index (χ0v) is 10.0. The van der Waals surface area contributed by atoms with Gasteiger partial charge in [0.2, 0.25) is 0 Å². The normalized spacial score (nSPS) is 14.2. The van der Waals surface area contributed by atoms with E-state index < -0.39 is 23.1 Å². The Kier molecular flexibility index (Phi) is 4.17. The molecule has 17 heavy (non-hydrogen) atoms. The first-order valence-corrected chi connectivity index (χ1v) is 5.15. The van der Waals surface area contributed by atoms with Crippen molar-refractivity contribution in [3.63, 3.8) is 0 Å². The number of rotatable bonds is 4. The molecule has 0 bridgehead atoms. The Hall–Kier alpha value is -1.49. The number of hydrogen-bond donors (Lipinski definition) is 1. The van der Waals surface area contributed by atoms with Crippen molar-refractivity contribution in [1.29, 1.82) is 0 Å². The van der Waals surface area contributed by atoms with E-state index in [9.17, 15) is 13.6 Å². The van der Waals surface area contributed by atoms with Crippen LogP contribution in [0.25, 0.3) is 0 Å². The molecule has 0 spiro atoms. The minimum Gasteiger partial charge on any atom is -0.469 e. The van der Waals surface area contributed by atoms with Crippen molar-refractivity contribution in [3.8, 4) is 0 Å². The summed E-state index contributed by atoms with van der Waals surface area (Å²) in [5.41, 5.74) is -0.898. The van der Waals surface area contributed by atoms with Crippen LogP contribution in [0.15, 0.2) is 18.2 Å². The molecule has 0 saturated heterocycles. The first kappa shape index (κ1) is 13.6. The highest BCUT2D eigenvalue weighted by atomic mass is 19.2. The average molecular weight is 243 g/mol. The highest BCUT2D eigenvalue weighted by molar-refractivity contribution is 5.71. The molecule has 0 aliphatic heterocycles. The Labute approximate surface area is 98.8 Å². The van der Waals surface area contributed by atoms with Gasteiger partial charge in [-0.3, -0.25) is 4.79 Å². The zero-order chi connectivity index (χ0) is 13.1. The van der Waals surface area contributed by atoms with Crippen LogP contribution in [-0.2, 0) is 15.1 Å². The van der Waals surface area contributed by atoms with Gasteiger partial charge >= 0.3 is 5.97 Å². The summed E-state index contributed by atoms with van der Waals surface area (Å²) in [5, 5.41) is 2.82. The van der Waals surface area contributed by atoms with E-state index >= 15 is 0 Å². The molecular weight excluding hydrogens is 228 g/mol. The van der Waals surface area contributed by atoms with Gasteiger partial charge in [0.05, 0.1) is 19.1 Å². The maximum absolute atomic E-state index is 13.7. The highest BCUT2D eigenvalue weighted by Gasteiger charge is 2.32. The molecule has 1 N–H and O–H groups in total. The van der Waals surface area contributed by atoms with Crippen molar-refractivity contribution in [2.45, 2.75) is 18.9 Å². The van der Waals surface area contributed by atoms with Gasteiger partial charge in [-0.1, -0.05) is 12.1 Å². The van der Waals surface area contributed by atoms with Gasteiger partial charge in [-0.2, -0.15) is 0 Å². The number of benzene rings is 1. The first-order valence-electron chi connectivity index (χ1n) is 5.15. The molecule has 0 amide bonds. The predicted octanol–water partition coefficient (Wildman–Crippen LogP) is 1.96. The van der Waals surface area contributed by atoms with Crippen molar-refractivity contribution in [2.24, 2.45) is 0 Å². The van der Waals surface area contributed by atoms with E-state index in [-0.39, 0.29) is 12.0 Å². The zero-order valence-electron chi connectivity index (χ0n) is 10.0. The van der Waals surface area contributed by atoms with Gasteiger partial charge in [0.15, 0.2) is 11.6 Å². The van der Waals surface area contributed by atoms with E-state index in [1.54, 1.807) is 14.0 Å². The minimum absolute atomic E-state index is 0.0830. The molecule has 0 fully saturated rings.